The lowest BCUT2D eigenvalue weighted by atomic mass is 10.1. The number of nitrogens with zero attached hydrogens (tertiary/aromatic N) is 2. The molecule has 0 spiro atoms. The number of rotatable bonds is 6. The molecule has 0 saturated heterocycles. The predicted octanol–water partition coefficient (Wildman–Crippen LogP) is 4.83. The Morgan fingerprint density at radius 2 is 1.32 bits per heavy atom. The van der Waals surface area contributed by atoms with Crippen molar-refractivity contribution < 1.29 is 4.74 Å². The van der Waals surface area contributed by atoms with E-state index in [1.54, 1.807) is 0 Å². The molecule has 0 radical (unpaired) electrons. The lowest BCUT2D eigenvalue weighted by Gasteiger charge is -2.07. The predicted molar refractivity (Wildman–Crippen MR) is 139 cm³/mol. The minimum atomic E-state index is 0.807. The van der Waals surface area contributed by atoms with Crippen molar-refractivity contribution in [1.29, 1.82) is 0 Å². The van der Waals surface area contributed by atoms with Gasteiger partial charge in [-0.25, -0.2) is 0 Å². The molecule has 0 atom stereocenters. The van der Waals surface area contributed by atoms with E-state index >= 15 is 0 Å². The Morgan fingerprint density at radius 1 is 0.676 bits per heavy atom. The Bertz CT molecular complexity index is 1410. The third kappa shape index (κ3) is 4.30. The van der Waals surface area contributed by atoms with Crippen molar-refractivity contribution in [2.45, 2.75) is 0 Å². The Hall–Kier alpha value is -4.32. The maximum Gasteiger partial charge on any atom is 0.128 e. The maximum atomic E-state index is 6.00. The van der Waals surface area contributed by atoms with Gasteiger partial charge in [0.25, 0.3) is 0 Å². The molecule has 0 bridgehead atoms. The Balaban J connectivity index is 1.12. The standard InChI is InChI=1S/C28H25N5O/c1(8-23-17-21-4-5-22(18-26(21)33-23)28-31-15-16-32-28)19-2-9-24(10-3-19)34-25-11-6-20(7-12-25)27-29-13-14-30-27/h1-12,17-18,33H,13-16H2,(H,29,30)(H,31,32)/b8-1+. The fraction of sp³-hybridized carbons (Fsp3) is 0.143. The quantitative estimate of drug-likeness (QED) is 0.396. The van der Waals surface area contributed by atoms with Gasteiger partial charge in [0, 0.05) is 40.8 Å². The maximum absolute atomic E-state index is 6.00. The molecule has 0 amide bonds. The smallest absolute Gasteiger partial charge is 0.128 e. The number of amidine groups is 2. The van der Waals surface area contributed by atoms with Gasteiger partial charge in [-0.2, -0.15) is 0 Å². The second-order valence-corrected chi connectivity index (χ2v) is 8.37. The molecule has 34 heavy (non-hydrogen) atoms. The third-order valence-corrected chi connectivity index (χ3v) is 5.96. The lowest BCUT2D eigenvalue weighted by Crippen LogP contribution is -2.19. The number of fused-ring (bicyclic) bond motifs is 1. The summed E-state index contributed by atoms with van der Waals surface area (Å²) in [7, 11) is 0. The van der Waals surface area contributed by atoms with E-state index in [1.165, 1.54) is 5.39 Å². The highest BCUT2D eigenvalue weighted by atomic mass is 16.5. The zero-order chi connectivity index (χ0) is 22.7. The Labute approximate surface area is 198 Å². The highest BCUT2D eigenvalue weighted by molar-refractivity contribution is 6.02. The number of hydrogen-bond donors (Lipinski definition) is 3. The van der Waals surface area contributed by atoms with Crippen molar-refractivity contribution in [2.24, 2.45) is 9.98 Å². The largest absolute Gasteiger partial charge is 0.457 e. The van der Waals surface area contributed by atoms with E-state index < -0.39 is 0 Å². The van der Waals surface area contributed by atoms with Gasteiger partial charge >= 0.3 is 0 Å². The van der Waals surface area contributed by atoms with Gasteiger partial charge in [-0.1, -0.05) is 30.3 Å². The first-order valence-electron chi connectivity index (χ1n) is 11.6. The van der Waals surface area contributed by atoms with Crippen LogP contribution in [0.4, 0.5) is 0 Å². The van der Waals surface area contributed by atoms with E-state index in [-0.39, 0.29) is 0 Å². The van der Waals surface area contributed by atoms with Gasteiger partial charge in [0.05, 0.1) is 13.1 Å². The van der Waals surface area contributed by atoms with Crippen molar-refractivity contribution in [3.05, 3.63) is 95.2 Å². The van der Waals surface area contributed by atoms with Crippen LogP contribution in [0.3, 0.4) is 0 Å². The molecular weight excluding hydrogens is 422 g/mol. The number of aromatic amines is 1. The van der Waals surface area contributed by atoms with Gasteiger partial charge in [-0.05, 0) is 60.2 Å². The van der Waals surface area contributed by atoms with Crippen LogP contribution < -0.4 is 15.4 Å². The van der Waals surface area contributed by atoms with Crippen LogP contribution in [0, 0.1) is 0 Å². The Morgan fingerprint density at radius 3 is 2.00 bits per heavy atom. The fourth-order valence-electron chi connectivity index (χ4n) is 4.22. The SMILES string of the molecule is C(=C\c1cc2ccc(C3=NCCN3)cc2[nH]1)/c1ccc(Oc2ccc(C3=NCCN3)cc2)cc1. The molecule has 6 heteroatoms. The molecule has 0 fully saturated rings. The fourth-order valence-corrected chi connectivity index (χ4v) is 4.22. The number of aliphatic imine (C=N–C) groups is 2. The summed E-state index contributed by atoms with van der Waals surface area (Å²) in [6, 6.07) is 24.7. The molecule has 2 aliphatic heterocycles. The zero-order valence-electron chi connectivity index (χ0n) is 18.7. The topological polar surface area (TPSA) is 73.8 Å². The van der Waals surface area contributed by atoms with Crippen LogP contribution in [-0.2, 0) is 0 Å². The second kappa shape index (κ2) is 8.90. The molecule has 1 aromatic heterocycles. The minimum absolute atomic E-state index is 0.807. The number of aromatic nitrogens is 1. The normalized spacial score (nSPS) is 15.3. The summed E-state index contributed by atoms with van der Waals surface area (Å²) in [5.41, 5.74) is 5.49. The molecule has 2 aliphatic rings. The summed E-state index contributed by atoms with van der Waals surface area (Å²) < 4.78 is 6.00. The van der Waals surface area contributed by atoms with Crippen molar-refractivity contribution in [3.63, 3.8) is 0 Å². The van der Waals surface area contributed by atoms with E-state index in [4.69, 9.17) is 4.74 Å². The average Bonchev–Trinajstić information content (AvgIpc) is 3.65. The van der Waals surface area contributed by atoms with Crippen LogP contribution in [0.25, 0.3) is 23.1 Å². The number of hydrogen-bond acceptors (Lipinski definition) is 5. The molecule has 6 rings (SSSR count). The monoisotopic (exact) mass is 447 g/mol. The highest BCUT2D eigenvalue weighted by Crippen LogP contribution is 2.24. The van der Waals surface area contributed by atoms with Crippen molar-refractivity contribution in [1.82, 2.24) is 15.6 Å². The first-order chi connectivity index (χ1) is 16.8. The van der Waals surface area contributed by atoms with Crippen LogP contribution in [0.2, 0.25) is 0 Å². The summed E-state index contributed by atoms with van der Waals surface area (Å²) in [4.78, 5) is 12.5. The summed E-state index contributed by atoms with van der Waals surface area (Å²) >= 11 is 0. The first-order valence-corrected chi connectivity index (χ1v) is 11.6. The second-order valence-electron chi connectivity index (χ2n) is 8.37. The van der Waals surface area contributed by atoms with E-state index in [2.05, 4.69) is 74.2 Å². The summed E-state index contributed by atoms with van der Waals surface area (Å²) in [5.74, 6) is 3.55. The number of ether oxygens (including phenoxy) is 1. The average molecular weight is 448 g/mol. The van der Waals surface area contributed by atoms with Gasteiger partial charge in [-0.3, -0.25) is 9.98 Å². The van der Waals surface area contributed by atoms with Gasteiger partial charge < -0.3 is 20.4 Å². The minimum Gasteiger partial charge on any atom is -0.457 e. The van der Waals surface area contributed by atoms with Gasteiger partial charge in [0.2, 0.25) is 0 Å². The molecule has 6 nitrogen and oxygen atoms in total. The highest BCUT2D eigenvalue weighted by Gasteiger charge is 2.10. The zero-order valence-corrected chi connectivity index (χ0v) is 18.7. The molecular formula is C28H25N5O. The van der Waals surface area contributed by atoms with Crippen LogP contribution in [0.1, 0.15) is 22.4 Å². The van der Waals surface area contributed by atoms with E-state index in [0.717, 1.165) is 77.3 Å². The van der Waals surface area contributed by atoms with Crippen molar-refractivity contribution in [2.75, 3.05) is 26.2 Å². The molecule has 168 valence electrons. The number of benzene rings is 3. The van der Waals surface area contributed by atoms with Gasteiger partial charge in [0.1, 0.15) is 23.2 Å². The van der Waals surface area contributed by atoms with Crippen LogP contribution in [0.5, 0.6) is 11.5 Å². The molecule has 3 aromatic carbocycles. The van der Waals surface area contributed by atoms with E-state index in [9.17, 15) is 0 Å². The van der Waals surface area contributed by atoms with Crippen LogP contribution in [-0.4, -0.2) is 42.8 Å². The molecule has 4 aromatic rings. The molecule has 0 saturated carbocycles. The summed E-state index contributed by atoms with van der Waals surface area (Å²) in [6.07, 6.45) is 4.20. The van der Waals surface area contributed by atoms with Gasteiger partial charge in [-0.15, -0.1) is 0 Å². The van der Waals surface area contributed by atoms with Crippen molar-refractivity contribution in [3.8, 4) is 11.5 Å². The number of H-pyrrole nitrogens is 1. The summed E-state index contributed by atoms with van der Waals surface area (Å²) in [5, 5.41) is 7.80. The Kier molecular flexibility index (Phi) is 5.32. The molecule has 3 N–H and O–H groups in total. The lowest BCUT2D eigenvalue weighted by molar-refractivity contribution is 0.482. The van der Waals surface area contributed by atoms with Gasteiger partial charge in [0.15, 0.2) is 0 Å². The summed E-state index contributed by atoms with van der Waals surface area (Å²) in [6.45, 7) is 3.50. The number of nitrogens with one attached hydrogen (secondary N) is 3. The van der Waals surface area contributed by atoms with Crippen LogP contribution in [0.15, 0.2) is 82.8 Å². The molecule has 0 unspecified atom stereocenters. The molecule has 3 heterocycles. The van der Waals surface area contributed by atoms with Crippen LogP contribution >= 0.6 is 0 Å². The van der Waals surface area contributed by atoms with Crippen molar-refractivity contribution >= 4 is 34.7 Å². The molecule has 0 aliphatic carbocycles. The first kappa shape index (κ1) is 20.3. The van der Waals surface area contributed by atoms with E-state index in [1.807, 2.05) is 36.4 Å². The third-order valence-electron chi connectivity index (χ3n) is 5.96. The van der Waals surface area contributed by atoms with E-state index in [0.29, 0.717) is 0 Å².